The van der Waals surface area contributed by atoms with Gasteiger partial charge in [0.2, 0.25) is 0 Å². The zero-order valence-corrected chi connectivity index (χ0v) is 7.36. The van der Waals surface area contributed by atoms with Crippen LogP contribution in [0.2, 0.25) is 0 Å². The molecule has 0 unspecified atom stereocenters. The maximum absolute atomic E-state index is 11.5. The molecule has 6 heteroatoms. The van der Waals surface area contributed by atoms with Gasteiger partial charge in [0.25, 0.3) is 0 Å². The maximum atomic E-state index is 11.5. The van der Waals surface area contributed by atoms with E-state index in [9.17, 15) is 13.2 Å². The van der Waals surface area contributed by atoms with Gasteiger partial charge in [0.05, 0.1) is 6.61 Å². The Labute approximate surface area is 71.7 Å². The number of aliphatic hydroxyl groups excluding tert-OH is 1. The summed E-state index contributed by atoms with van der Waals surface area (Å²) in [5.74, 6) is 1.01. The van der Waals surface area contributed by atoms with E-state index >= 15 is 0 Å². The molecule has 0 aromatic carbocycles. The van der Waals surface area contributed by atoms with E-state index in [-0.39, 0.29) is 24.1 Å². The Hall–Kier alpha value is 0.450. The summed E-state index contributed by atoms with van der Waals surface area (Å²) in [4.78, 5) is 0. The largest absolute Gasteiger partial charge is 0.441 e. The lowest BCUT2D eigenvalue weighted by Crippen LogP contribution is -2.02. The highest BCUT2D eigenvalue weighted by Gasteiger charge is 2.27. The molecule has 0 bridgehead atoms. The summed E-state index contributed by atoms with van der Waals surface area (Å²) in [5, 5.41) is 8.28. The highest BCUT2D eigenvalue weighted by atomic mass is 32.2. The summed E-state index contributed by atoms with van der Waals surface area (Å²) >= 11 is 1.30. The van der Waals surface area contributed by atoms with E-state index in [0.717, 1.165) is 0 Å². The number of aliphatic hydroxyl groups is 1. The topological polar surface area (TPSA) is 20.2 Å². The molecule has 0 radical (unpaired) electrons. The minimum Gasteiger partial charge on any atom is -0.396 e. The first kappa shape index (κ1) is 11.4. The first-order valence-corrected chi connectivity index (χ1v) is 5.09. The molecule has 0 aliphatic heterocycles. The monoisotopic (exact) mass is 206 g/mol. The van der Waals surface area contributed by atoms with E-state index in [2.05, 4.69) is 0 Å². The Morgan fingerprint density at radius 2 is 1.73 bits per heavy atom. The molecule has 0 atom stereocenters. The van der Waals surface area contributed by atoms with Gasteiger partial charge in [-0.2, -0.15) is 24.9 Å². The Morgan fingerprint density at radius 3 is 2.18 bits per heavy atom. The maximum Gasteiger partial charge on any atom is 0.441 e. The van der Waals surface area contributed by atoms with Gasteiger partial charge in [-0.15, -0.1) is 0 Å². The molecule has 0 aromatic heterocycles. The van der Waals surface area contributed by atoms with Crippen LogP contribution >= 0.6 is 23.5 Å². The molecular formula is C5H9F3OS2. The molecule has 0 aliphatic carbocycles. The molecular weight excluding hydrogens is 197 g/mol. The van der Waals surface area contributed by atoms with E-state index in [1.54, 1.807) is 0 Å². The molecule has 0 spiro atoms. The summed E-state index contributed by atoms with van der Waals surface area (Å²) in [6.45, 7) is 0.0291. The summed E-state index contributed by atoms with van der Waals surface area (Å²) in [6.07, 6.45) is 0. The third kappa shape index (κ3) is 10.4. The van der Waals surface area contributed by atoms with Crippen LogP contribution in [-0.4, -0.2) is 34.5 Å². The van der Waals surface area contributed by atoms with E-state index in [1.807, 2.05) is 0 Å². The number of thioether (sulfide) groups is 2. The van der Waals surface area contributed by atoms with Gasteiger partial charge in [-0.1, -0.05) is 11.8 Å². The molecule has 0 saturated carbocycles. The summed E-state index contributed by atoms with van der Waals surface area (Å²) in [6, 6.07) is 0. The Kier molecular flexibility index (Phi) is 6.27. The quantitative estimate of drug-likeness (QED) is 0.694. The number of hydrogen-bond acceptors (Lipinski definition) is 3. The Bertz CT molecular complexity index is 96.2. The van der Waals surface area contributed by atoms with Crippen LogP contribution in [0.1, 0.15) is 0 Å². The number of rotatable bonds is 5. The first-order valence-electron chi connectivity index (χ1n) is 2.95. The number of halogens is 3. The molecule has 0 saturated heterocycles. The normalized spacial score (nSPS) is 12.0. The van der Waals surface area contributed by atoms with Crippen molar-refractivity contribution < 1.29 is 18.3 Å². The van der Waals surface area contributed by atoms with Crippen LogP contribution in [0.4, 0.5) is 13.2 Å². The van der Waals surface area contributed by atoms with Gasteiger partial charge in [-0.25, -0.2) is 0 Å². The lowest BCUT2D eigenvalue weighted by Gasteiger charge is -2.03. The molecule has 0 heterocycles. The molecule has 0 fully saturated rings. The molecule has 0 aromatic rings. The molecule has 68 valence electrons. The van der Waals surface area contributed by atoms with Gasteiger partial charge in [-0.05, 0) is 0 Å². The number of alkyl halides is 3. The van der Waals surface area contributed by atoms with Crippen molar-refractivity contribution in [3.05, 3.63) is 0 Å². The highest BCUT2D eigenvalue weighted by Crippen LogP contribution is 2.30. The van der Waals surface area contributed by atoms with E-state index in [0.29, 0.717) is 11.5 Å². The molecule has 0 rings (SSSR count). The molecule has 11 heavy (non-hydrogen) atoms. The number of hydrogen-bond donors (Lipinski definition) is 1. The Morgan fingerprint density at radius 1 is 1.09 bits per heavy atom. The van der Waals surface area contributed by atoms with Crippen LogP contribution in [0.25, 0.3) is 0 Å². The van der Waals surface area contributed by atoms with Crippen LogP contribution < -0.4 is 0 Å². The predicted octanol–water partition coefficient (Wildman–Crippen LogP) is 1.96. The Balaban J connectivity index is 3.02. The van der Waals surface area contributed by atoms with Crippen LogP contribution in [0.3, 0.4) is 0 Å². The second-order valence-electron chi connectivity index (χ2n) is 1.63. The zero-order valence-electron chi connectivity index (χ0n) is 5.73. The smallest absolute Gasteiger partial charge is 0.396 e. The second-order valence-corrected chi connectivity index (χ2v) is 4.01. The van der Waals surface area contributed by atoms with Crippen LogP contribution in [-0.2, 0) is 0 Å². The van der Waals surface area contributed by atoms with Crippen molar-refractivity contribution in [3.63, 3.8) is 0 Å². The van der Waals surface area contributed by atoms with E-state index < -0.39 is 5.51 Å². The lowest BCUT2D eigenvalue weighted by molar-refractivity contribution is -0.0326. The van der Waals surface area contributed by atoms with Crippen molar-refractivity contribution in [2.45, 2.75) is 5.51 Å². The van der Waals surface area contributed by atoms with Gasteiger partial charge >= 0.3 is 5.51 Å². The van der Waals surface area contributed by atoms with Crippen molar-refractivity contribution in [2.75, 3.05) is 23.9 Å². The van der Waals surface area contributed by atoms with Crippen molar-refractivity contribution in [1.29, 1.82) is 0 Å². The van der Waals surface area contributed by atoms with Gasteiger partial charge in [-0.3, -0.25) is 0 Å². The molecule has 0 amide bonds. The minimum absolute atomic E-state index is 0.0185. The van der Waals surface area contributed by atoms with Gasteiger partial charge in [0.15, 0.2) is 0 Å². The fraction of sp³-hybridized carbons (Fsp3) is 1.00. The zero-order chi connectivity index (χ0) is 8.74. The SMILES string of the molecule is OCCSCCSC(F)(F)F. The van der Waals surface area contributed by atoms with Gasteiger partial charge in [0.1, 0.15) is 0 Å². The average Bonchev–Trinajstić information content (AvgIpc) is 1.85. The van der Waals surface area contributed by atoms with Crippen molar-refractivity contribution >= 4 is 23.5 Å². The molecule has 1 N–H and O–H groups in total. The highest BCUT2D eigenvalue weighted by molar-refractivity contribution is 8.03. The van der Waals surface area contributed by atoms with Gasteiger partial charge < -0.3 is 5.11 Å². The second kappa shape index (κ2) is 6.02. The van der Waals surface area contributed by atoms with E-state index in [1.165, 1.54) is 11.8 Å². The van der Waals surface area contributed by atoms with Crippen molar-refractivity contribution in [3.8, 4) is 0 Å². The summed E-state index contributed by atoms with van der Waals surface area (Å²) in [7, 11) is 0. The van der Waals surface area contributed by atoms with Gasteiger partial charge in [0, 0.05) is 17.3 Å². The van der Waals surface area contributed by atoms with Crippen LogP contribution in [0.5, 0.6) is 0 Å². The average molecular weight is 206 g/mol. The van der Waals surface area contributed by atoms with Crippen molar-refractivity contribution in [2.24, 2.45) is 0 Å². The van der Waals surface area contributed by atoms with Crippen LogP contribution in [0.15, 0.2) is 0 Å². The van der Waals surface area contributed by atoms with E-state index in [4.69, 9.17) is 5.11 Å². The lowest BCUT2D eigenvalue weighted by atomic mass is 10.9. The fourth-order valence-electron chi connectivity index (χ4n) is 0.383. The van der Waals surface area contributed by atoms with Crippen molar-refractivity contribution in [1.82, 2.24) is 0 Å². The van der Waals surface area contributed by atoms with Crippen LogP contribution in [0, 0.1) is 0 Å². The fourth-order valence-corrected chi connectivity index (χ4v) is 1.75. The molecule has 1 nitrogen and oxygen atoms in total. The summed E-state index contributed by atoms with van der Waals surface area (Å²) in [5.41, 5.74) is -4.11. The summed E-state index contributed by atoms with van der Waals surface area (Å²) < 4.78 is 34.4. The third-order valence-electron chi connectivity index (χ3n) is 0.729. The molecule has 0 aliphatic rings. The standard InChI is InChI=1S/C5H9F3OS2/c6-5(7,8)11-4-3-10-2-1-9/h9H,1-4H2. The first-order chi connectivity index (χ1) is 5.06. The predicted molar refractivity (Wildman–Crippen MR) is 42.9 cm³/mol. The third-order valence-corrected chi connectivity index (χ3v) is 2.69. The minimum atomic E-state index is -4.11.